The van der Waals surface area contributed by atoms with Gasteiger partial charge < -0.3 is 10.2 Å². The first kappa shape index (κ1) is 24.3. The molecule has 3 aromatic carbocycles. The highest BCUT2D eigenvalue weighted by molar-refractivity contribution is 5.94. The summed E-state index contributed by atoms with van der Waals surface area (Å²) in [6.07, 6.45) is -3.39. The quantitative estimate of drug-likeness (QED) is 0.481. The van der Waals surface area contributed by atoms with Crippen molar-refractivity contribution in [1.82, 2.24) is 4.90 Å². The Morgan fingerprint density at radius 3 is 2.53 bits per heavy atom. The van der Waals surface area contributed by atoms with Gasteiger partial charge in [-0.05, 0) is 60.4 Å². The number of alkyl halides is 3. The fourth-order valence-electron chi connectivity index (χ4n) is 5.30. The summed E-state index contributed by atoms with van der Waals surface area (Å²) in [5.74, 6) is -1.37. The van der Waals surface area contributed by atoms with E-state index in [-0.39, 0.29) is 18.4 Å². The minimum atomic E-state index is -4.46. The summed E-state index contributed by atoms with van der Waals surface area (Å²) in [5, 5.41) is 2.79. The third kappa shape index (κ3) is 5.23. The van der Waals surface area contributed by atoms with Crippen molar-refractivity contribution in [3.8, 4) is 0 Å². The zero-order valence-corrected chi connectivity index (χ0v) is 19.6. The van der Waals surface area contributed by atoms with E-state index in [1.54, 1.807) is 6.07 Å². The molecule has 36 heavy (non-hydrogen) atoms. The lowest BCUT2D eigenvalue weighted by Gasteiger charge is -2.49. The summed E-state index contributed by atoms with van der Waals surface area (Å²) in [4.78, 5) is 17.8. The Morgan fingerprint density at radius 1 is 0.972 bits per heavy atom. The summed E-state index contributed by atoms with van der Waals surface area (Å²) in [7, 11) is 0. The molecule has 0 aliphatic carbocycles. The Bertz CT molecular complexity index is 1230. The van der Waals surface area contributed by atoms with Crippen LogP contribution in [0.15, 0.2) is 72.8 Å². The van der Waals surface area contributed by atoms with Crippen LogP contribution < -0.4 is 10.2 Å². The monoisotopic (exact) mass is 497 g/mol. The molecule has 2 atom stereocenters. The Hall–Kier alpha value is -3.39. The normalized spacial score (nSPS) is 19.9. The van der Waals surface area contributed by atoms with Gasteiger partial charge in [0.25, 0.3) is 0 Å². The van der Waals surface area contributed by atoms with E-state index in [9.17, 15) is 22.4 Å². The molecule has 1 amide bonds. The highest BCUT2D eigenvalue weighted by atomic mass is 19.4. The van der Waals surface area contributed by atoms with Crippen LogP contribution in [0, 0.1) is 11.7 Å². The zero-order valence-electron chi connectivity index (χ0n) is 19.6. The molecule has 1 saturated heterocycles. The van der Waals surface area contributed by atoms with Crippen molar-refractivity contribution in [1.29, 1.82) is 0 Å². The molecule has 0 aromatic heterocycles. The molecule has 2 aliphatic rings. The van der Waals surface area contributed by atoms with Gasteiger partial charge in [-0.1, -0.05) is 36.4 Å². The maximum absolute atomic E-state index is 13.7. The number of carbonyl (C=O) groups is 1. The highest BCUT2D eigenvalue weighted by Gasteiger charge is 2.42. The summed E-state index contributed by atoms with van der Waals surface area (Å²) in [5.41, 5.74) is 2.11. The predicted molar refractivity (Wildman–Crippen MR) is 131 cm³/mol. The van der Waals surface area contributed by atoms with Crippen LogP contribution in [0.3, 0.4) is 0 Å². The van der Waals surface area contributed by atoms with Gasteiger partial charge in [0.15, 0.2) is 0 Å². The van der Waals surface area contributed by atoms with Crippen molar-refractivity contribution in [3.63, 3.8) is 0 Å². The molecule has 4 nitrogen and oxygen atoms in total. The number of piperazine rings is 1. The minimum absolute atomic E-state index is 0.189. The molecule has 5 rings (SSSR count). The van der Waals surface area contributed by atoms with Crippen LogP contribution in [0.5, 0.6) is 0 Å². The molecule has 0 spiro atoms. The lowest BCUT2D eigenvalue weighted by atomic mass is 9.82. The number of halogens is 4. The van der Waals surface area contributed by atoms with Crippen LogP contribution in [0.4, 0.5) is 28.9 Å². The zero-order chi connectivity index (χ0) is 25.3. The Kier molecular flexibility index (Phi) is 6.71. The molecule has 2 aliphatic heterocycles. The van der Waals surface area contributed by atoms with E-state index in [0.717, 1.165) is 37.3 Å². The van der Waals surface area contributed by atoms with Crippen molar-refractivity contribution in [2.24, 2.45) is 5.92 Å². The Labute approximate surface area is 207 Å². The van der Waals surface area contributed by atoms with E-state index in [0.29, 0.717) is 24.3 Å². The Morgan fingerprint density at radius 2 is 1.78 bits per heavy atom. The predicted octanol–water partition coefficient (Wildman–Crippen LogP) is 5.39. The fourth-order valence-corrected chi connectivity index (χ4v) is 5.30. The van der Waals surface area contributed by atoms with Crippen LogP contribution in [0.1, 0.15) is 16.7 Å². The third-order valence-corrected chi connectivity index (χ3v) is 7.11. The second kappa shape index (κ2) is 9.93. The highest BCUT2D eigenvalue weighted by Crippen LogP contribution is 2.40. The first-order valence-electron chi connectivity index (χ1n) is 12.1. The molecule has 0 bridgehead atoms. The van der Waals surface area contributed by atoms with Crippen LogP contribution in [-0.4, -0.2) is 43.0 Å². The molecule has 0 saturated carbocycles. The lowest BCUT2D eigenvalue weighted by molar-refractivity contribution is -0.137. The molecule has 0 radical (unpaired) electrons. The van der Waals surface area contributed by atoms with E-state index < -0.39 is 23.5 Å². The van der Waals surface area contributed by atoms with Gasteiger partial charge in [0, 0.05) is 37.6 Å². The van der Waals surface area contributed by atoms with Crippen molar-refractivity contribution in [3.05, 3.63) is 95.3 Å². The van der Waals surface area contributed by atoms with Gasteiger partial charge in [0.2, 0.25) is 5.91 Å². The molecular weight excluding hydrogens is 470 g/mol. The first-order valence-corrected chi connectivity index (χ1v) is 12.1. The molecule has 2 unspecified atom stereocenters. The molecule has 1 N–H and O–H groups in total. The number of fused-ring (bicyclic) bond motifs is 3. The van der Waals surface area contributed by atoms with E-state index in [1.807, 2.05) is 18.2 Å². The van der Waals surface area contributed by atoms with Crippen molar-refractivity contribution in [2.45, 2.75) is 25.1 Å². The second-order valence-corrected chi connectivity index (χ2v) is 9.45. The van der Waals surface area contributed by atoms with Crippen molar-refractivity contribution >= 4 is 17.3 Å². The van der Waals surface area contributed by atoms with Crippen LogP contribution in [0.2, 0.25) is 0 Å². The van der Waals surface area contributed by atoms with Crippen LogP contribution >= 0.6 is 0 Å². The summed E-state index contributed by atoms with van der Waals surface area (Å²) >= 11 is 0. The molecule has 188 valence electrons. The number of hydrogen-bond acceptors (Lipinski definition) is 3. The number of carbonyl (C=O) groups excluding carboxylic acids is 1. The first-order chi connectivity index (χ1) is 17.3. The average Bonchev–Trinajstić information content (AvgIpc) is 2.86. The molecule has 8 heteroatoms. The molecule has 2 heterocycles. The minimum Gasteiger partial charge on any atom is -0.365 e. The molecule has 3 aromatic rings. The van der Waals surface area contributed by atoms with E-state index in [2.05, 4.69) is 27.2 Å². The van der Waals surface area contributed by atoms with Crippen molar-refractivity contribution < 1.29 is 22.4 Å². The SMILES string of the molecule is O=C(Nc1cccc(F)c1)C1Cc2cc(C(F)(F)F)ccc2N2CCN(CCc3ccccc3)CC12. The fraction of sp³-hybridized carbons (Fsp3) is 0.321. The van der Waals surface area contributed by atoms with Gasteiger partial charge in [-0.2, -0.15) is 13.2 Å². The topological polar surface area (TPSA) is 35.6 Å². The van der Waals surface area contributed by atoms with Gasteiger partial charge in [-0.3, -0.25) is 9.69 Å². The van der Waals surface area contributed by atoms with Crippen LogP contribution in [0.25, 0.3) is 0 Å². The third-order valence-electron chi connectivity index (χ3n) is 7.11. The van der Waals surface area contributed by atoms with Gasteiger partial charge in [0.05, 0.1) is 17.5 Å². The summed E-state index contributed by atoms with van der Waals surface area (Å²) in [6.45, 7) is 2.81. The average molecular weight is 498 g/mol. The lowest BCUT2D eigenvalue weighted by Crippen LogP contribution is -2.60. The van der Waals surface area contributed by atoms with Crippen LogP contribution in [-0.2, 0) is 23.8 Å². The van der Waals surface area contributed by atoms with Gasteiger partial charge in [0.1, 0.15) is 5.82 Å². The summed E-state index contributed by atoms with van der Waals surface area (Å²) < 4.78 is 53.9. The van der Waals surface area contributed by atoms with Crippen molar-refractivity contribution in [2.75, 3.05) is 36.4 Å². The van der Waals surface area contributed by atoms with Gasteiger partial charge >= 0.3 is 6.18 Å². The smallest absolute Gasteiger partial charge is 0.365 e. The number of hydrogen-bond donors (Lipinski definition) is 1. The number of nitrogens with zero attached hydrogens (tertiary/aromatic N) is 2. The molecular formula is C28H27F4N3O. The van der Waals surface area contributed by atoms with E-state index in [4.69, 9.17) is 0 Å². The summed E-state index contributed by atoms with van der Waals surface area (Å²) in [6, 6.07) is 19.4. The maximum Gasteiger partial charge on any atom is 0.416 e. The maximum atomic E-state index is 13.7. The molecule has 1 fully saturated rings. The number of nitrogens with one attached hydrogen (secondary N) is 1. The number of amides is 1. The van der Waals surface area contributed by atoms with Gasteiger partial charge in [-0.25, -0.2) is 4.39 Å². The largest absolute Gasteiger partial charge is 0.416 e. The number of rotatable bonds is 5. The van der Waals surface area contributed by atoms with E-state index >= 15 is 0 Å². The van der Waals surface area contributed by atoms with E-state index in [1.165, 1.54) is 29.8 Å². The number of anilines is 2. The van der Waals surface area contributed by atoms with Gasteiger partial charge in [-0.15, -0.1) is 0 Å². The standard InChI is InChI=1S/C28H27F4N3O/c29-22-7-4-8-23(17-22)33-27(36)24-16-20-15-21(28(30,31)32)9-10-25(20)35-14-13-34(18-26(24)35)12-11-19-5-2-1-3-6-19/h1-10,15,17,24,26H,11-14,16,18H2,(H,33,36). The number of benzene rings is 3. The Balaban J connectivity index is 1.40. The second-order valence-electron chi connectivity index (χ2n) is 9.45.